The maximum atomic E-state index is 13.4. The average Bonchev–Trinajstić information content (AvgIpc) is 3.22. The highest BCUT2D eigenvalue weighted by atomic mass is 19.1. The van der Waals surface area contributed by atoms with Crippen molar-refractivity contribution in [1.29, 1.82) is 0 Å². The van der Waals surface area contributed by atoms with Crippen LogP contribution in [0.25, 0.3) is 17.0 Å². The minimum atomic E-state index is -0.250. The molecule has 140 valence electrons. The number of hydrogen-bond donors (Lipinski definition) is 0. The first-order valence-electron chi connectivity index (χ1n) is 9.33. The summed E-state index contributed by atoms with van der Waals surface area (Å²) in [7, 11) is 0. The number of halogens is 1. The van der Waals surface area contributed by atoms with E-state index in [2.05, 4.69) is 0 Å². The summed E-state index contributed by atoms with van der Waals surface area (Å²) in [6.07, 6.45) is 3.61. The van der Waals surface area contributed by atoms with Crippen molar-refractivity contribution in [3.63, 3.8) is 0 Å². The number of ketones is 2. The molecule has 4 aromatic rings. The van der Waals surface area contributed by atoms with Gasteiger partial charge in [0.15, 0.2) is 11.6 Å². The van der Waals surface area contributed by atoms with Gasteiger partial charge < -0.3 is 4.57 Å². The van der Waals surface area contributed by atoms with Gasteiger partial charge in [0.1, 0.15) is 5.82 Å². The summed E-state index contributed by atoms with van der Waals surface area (Å²) in [6, 6.07) is 21.2. The normalized spacial score (nSPS) is 13.2. The molecule has 0 atom stereocenters. The van der Waals surface area contributed by atoms with Crippen LogP contribution in [0.2, 0.25) is 0 Å². The lowest BCUT2D eigenvalue weighted by Gasteiger charge is -2.06. The van der Waals surface area contributed by atoms with Crippen LogP contribution < -0.4 is 0 Å². The fourth-order valence-corrected chi connectivity index (χ4v) is 3.85. The predicted molar refractivity (Wildman–Crippen MR) is 111 cm³/mol. The van der Waals surface area contributed by atoms with E-state index < -0.39 is 0 Å². The van der Waals surface area contributed by atoms with Crippen LogP contribution in [0.3, 0.4) is 0 Å². The van der Waals surface area contributed by atoms with E-state index in [0.29, 0.717) is 17.7 Å². The summed E-state index contributed by atoms with van der Waals surface area (Å²) in [5, 5.41) is 0.992. The van der Waals surface area contributed by atoms with Crippen LogP contribution >= 0.6 is 0 Å². The minimum absolute atomic E-state index is 0.199. The number of aromatic nitrogens is 1. The van der Waals surface area contributed by atoms with Crippen molar-refractivity contribution in [2.75, 3.05) is 0 Å². The highest BCUT2D eigenvalue weighted by molar-refractivity contribution is 6.41. The molecule has 4 heteroatoms. The minimum Gasteiger partial charge on any atom is -0.343 e. The van der Waals surface area contributed by atoms with Gasteiger partial charge in [0, 0.05) is 34.8 Å². The van der Waals surface area contributed by atoms with Gasteiger partial charge in [0.25, 0.3) is 0 Å². The molecule has 1 heterocycles. The molecule has 1 aromatic heterocycles. The molecule has 1 aliphatic carbocycles. The van der Waals surface area contributed by atoms with Gasteiger partial charge in [-0.1, -0.05) is 42.5 Å². The first kappa shape index (κ1) is 17.3. The molecule has 0 fully saturated rings. The number of hydrogen-bond acceptors (Lipinski definition) is 2. The van der Waals surface area contributed by atoms with Crippen LogP contribution in [0.5, 0.6) is 0 Å². The molecule has 5 rings (SSSR count). The van der Waals surface area contributed by atoms with Crippen LogP contribution in [-0.4, -0.2) is 16.1 Å². The lowest BCUT2D eigenvalue weighted by Crippen LogP contribution is -2.00. The second-order valence-corrected chi connectivity index (χ2v) is 7.15. The molecule has 29 heavy (non-hydrogen) atoms. The van der Waals surface area contributed by atoms with Crippen molar-refractivity contribution in [3.05, 3.63) is 113 Å². The number of Topliss-reactive ketones (excluding diaryl/α,β-unsaturated/α-hetero) is 2. The third-order valence-electron chi connectivity index (χ3n) is 5.25. The summed E-state index contributed by atoms with van der Waals surface area (Å²) in [5.74, 6) is -0.705. The number of carbonyl (C=O) groups excluding carboxylic acids is 2. The fourth-order valence-electron chi connectivity index (χ4n) is 3.85. The van der Waals surface area contributed by atoms with E-state index >= 15 is 0 Å². The van der Waals surface area contributed by atoms with Gasteiger partial charge in [-0.3, -0.25) is 9.59 Å². The summed E-state index contributed by atoms with van der Waals surface area (Å²) in [6.45, 7) is 0.563. The summed E-state index contributed by atoms with van der Waals surface area (Å²) >= 11 is 0. The molecule has 3 nitrogen and oxygen atoms in total. The Morgan fingerprint density at radius 1 is 0.828 bits per heavy atom. The second kappa shape index (κ2) is 6.67. The van der Waals surface area contributed by atoms with Gasteiger partial charge in [-0.25, -0.2) is 4.39 Å². The first-order valence-corrected chi connectivity index (χ1v) is 9.33. The molecular weight excluding hydrogens is 365 g/mol. The van der Waals surface area contributed by atoms with Crippen molar-refractivity contribution < 1.29 is 14.0 Å². The van der Waals surface area contributed by atoms with Crippen LogP contribution in [0, 0.1) is 5.82 Å². The Hall–Kier alpha value is -3.79. The molecule has 0 bridgehead atoms. The van der Waals surface area contributed by atoms with Crippen molar-refractivity contribution in [2.24, 2.45) is 0 Å². The van der Waals surface area contributed by atoms with Crippen LogP contribution in [0.15, 0.2) is 84.6 Å². The Morgan fingerprint density at radius 3 is 2.31 bits per heavy atom. The quantitative estimate of drug-likeness (QED) is 0.357. The van der Waals surface area contributed by atoms with Crippen molar-refractivity contribution in [2.45, 2.75) is 6.54 Å². The Kier molecular flexibility index (Phi) is 3.98. The molecule has 0 radical (unpaired) electrons. The lowest BCUT2D eigenvalue weighted by molar-refractivity contribution is 0.0990. The first-order chi connectivity index (χ1) is 14.1. The number of fused-ring (bicyclic) bond motifs is 2. The zero-order chi connectivity index (χ0) is 20.0. The Morgan fingerprint density at radius 2 is 1.59 bits per heavy atom. The topological polar surface area (TPSA) is 39.1 Å². The number of benzene rings is 3. The summed E-state index contributed by atoms with van der Waals surface area (Å²) in [4.78, 5) is 25.2. The Bertz CT molecular complexity index is 1290. The van der Waals surface area contributed by atoms with Gasteiger partial charge in [0.2, 0.25) is 0 Å². The van der Waals surface area contributed by atoms with E-state index in [1.54, 1.807) is 36.4 Å². The molecule has 1 aliphatic rings. The largest absolute Gasteiger partial charge is 0.343 e. The van der Waals surface area contributed by atoms with Crippen molar-refractivity contribution in [1.82, 2.24) is 4.57 Å². The second-order valence-electron chi connectivity index (χ2n) is 7.15. The predicted octanol–water partition coefficient (Wildman–Crippen LogP) is 5.29. The SMILES string of the molecule is O=C1C(=Cc2ccc3c(ccn3Cc3cccc(F)c3)c2)C(=O)c2ccccc21. The molecule has 0 saturated heterocycles. The maximum Gasteiger partial charge on any atom is 0.197 e. The molecule has 0 aliphatic heterocycles. The van der Waals surface area contributed by atoms with Crippen LogP contribution in [0.4, 0.5) is 4.39 Å². The highest BCUT2D eigenvalue weighted by Gasteiger charge is 2.32. The average molecular weight is 381 g/mol. The zero-order valence-electron chi connectivity index (χ0n) is 15.4. The van der Waals surface area contributed by atoms with E-state index in [4.69, 9.17) is 0 Å². The standard InChI is InChI=1S/C25H16FNO2/c26-19-5-3-4-17(13-19)15-27-11-10-18-12-16(8-9-23(18)27)14-22-24(28)20-6-1-2-7-21(20)25(22)29/h1-14H,15H2. The molecule has 0 unspecified atom stereocenters. The highest BCUT2D eigenvalue weighted by Crippen LogP contribution is 2.28. The van der Waals surface area contributed by atoms with E-state index in [1.807, 2.05) is 41.1 Å². The van der Waals surface area contributed by atoms with Crippen LogP contribution in [-0.2, 0) is 6.54 Å². The lowest BCUT2D eigenvalue weighted by atomic mass is 10.1. The molecule has 0 amide bonds. The molecule has 0 spiro atoms. The van der Waals surface area contributed by atoms with E-state index in [1.165, 1.54) is 12.1 Å². The number of carbonyl (C=O) groups is 2. The smallest absolute Gasteiger partial charge is 0.197 e. The fraction of sp³-hybridized carbons (Fsp3) is 0.0400. The number of nitrogens with zero attached hydrogens (tertiary/aromatic N) is 1. The summed E-state index contributed by atoms with van der Waals surface area (Å²) in [5.41, 5.74) is 3.81. The Labute approximate surface area is 166 Å². The van der Waals surface area contributed by atoms with E-state index in [0.717, 1.165) is 22.0 Å². The number of allylic oxidation sites excluding steroid dienone is 1. The van der Waals surface area contributed by atoms with Crippen molar-refractivity contribution in [3.8, 4) is 0 Å². The monoisotopic (exact) mass is 381 g/mol. The molecule has 3 aromatic carbocycles. The van der Waals surface area contributed by atoms with Gasteiger partial charge in [-0.2, -0.15) is 0 Å². The Balaban J connectivity index is 1.48. The molecule has 0 saturated carbocycles. The molecule has 0 N–H and O–H groups in total. The van der Waals surface area contributed by atoms with Gasteiger partial charge in [0.05, 0.1) is 5.57 Å². The van der Waals surface area contributed by atoms with Gasteiger partial charge in [-0.15, -0.1) is 0 Å². The van der Waals surface area contributed by atoms with Crippen LogP contribution in [0.1, 0.15) is 31.8 Å². The van der Waals surface area contributed by atoms with E-state index in [9.17, 15) is 14.0 Å². The van der Waals surface area contributed by atoms with E-state index in [-0.39, 0.29) is 23.0 Å². The van der Waals surface area contributed by atoms with Crippen molar-refractivity contribution >= 4 is 28.5 Å². The third-order valence-corrected chi connectivity index (χ3v) is 5.25. The van der Waals surface area contributed by atoms with Gasteiger partial charge >= 0.3 is 0 Å². The summed E-state index contributed by atoms with van der Waals surface area (Å²) < 4.78 is 15.5. The molecular formula is C25H16FNO2. The maximum absolute atomic E-state index is 13.4. The third kappa shape index (κ3) is 2.99. The zero-order valence-corrected chi connectivity index (χ0v) is 15.4. The number of rotatable bonds is 3. The van der Waals surface area contributed by atoms with Gasteiger partial charge in [-0.05, 0) is 47.5 Å².